The van der Waals surface area contributed by atoms with Crippen LogP contribution in [-0.2, 0) is 27.2 Å². The van der Waals surface area contributed by atoms with Gasteiger partial charge in [0.15, 0.2) is 0 Å². The van der Waals surface area contributed by atoms with E-state index >= 15 is 0 Å². The third-order valence-corrected chi connectivity index (χ3v) is 6.79. The minimum Gasteiger partial charge on any atom is -0.378 e. The minimum atomic E-state index is -0.0571. The molecule has 0 radical (unpaired) electrons. The van der Waals surface area contributed by atoms with Gasteiger partial charge in [0.2, 0.25) is 23.8 Å². The second-order valence-electron chi connectivity index (χ2n) is 10.2. The molecule has 4 rings (SSSR count). The molecule has 1 aliphatic carbocycles. The maximum absolute atomic E-state index is 12.3. The topological polar surface area (TPSA) is 166 Å². The van der Waals surface area contributed by atoms with Crippen molar-refractivity contribution in [2.75, 3.05) is 62.0 Å². The van der Waals surface area contributed by atoms with Gasteiger partial charge >= 0.3 is 0 Å². The van der Waals surface area contributed by atoms with Crippen molar-refractivity contribution >= 4 is 29.4 Å². The molecule has 1 fully saturated rings. The highest BCUT2D eigenvalue weighted by Gasteiger charge is 2.16. The van der Waals surface area contributed by atoms with Crippen molar-refractivity contribution in [3.8, 4) is 0 Å². The van der Waals surface area contributed by atoms with E-state index in [-0.39, 0.29) is 12.3 Å². The SMILES string of the molecule is NCCOCCOCCNC(=O)Cc1ccc(Nc2nc(NCCCn3ccnc3)nc(NC3CCCCC3)n2)cc1. The first-order valence-electron chi connectivity index (χ1n) is 14.9. The molecule has 0 bridgehead atoms. The van der Waals surface area contributed by atoms with Crippen LogP contribution in [0.3, 0.4) is 0 Å². The number of anilines is 4. The van der Waals surface area contributed by atoms with Crippen molar-refractivity contribution in [2.45, 2.75) is 57.5 Å². The molecule has 6 N–H and O–H groups in total. The van der Waals surface area contributed by atoms with Gasteiger partial charge in [-0.2, -0.15) is 15.0 Å². The van der Waals surface area contributed by atoms with Crippen molar-refractivity contribution in [1.82, 2.24) is 29.8 Å². The first-order chi connectivity index (χ1) is 20.7. The fraction of sp³-hybridized carbons (Fsp3) is 0.552. The molecule has 13 heteroatoms. The zero-order valence-corrected chi connectivity index (χ0v) is 24.3. The van der Waals surface area contributed by atoms with Crippen LogP contribution in [0.5, 0.6) is 0 Å². The average Bonchev–Trinajstić information content (AvgIpc) is 3.52. The molecular formula is C29H44N10O3. The summed E-state index contributed by atoms with van der Waals surface area (Å²) in [4.78, 5) is 30.3. The lowest BCUT2D eigenvalue weighted by molar-refractivity contribution is -0.120. The molecule has 1 saturated carbocycles. The fourth-order valence-corrected chi connectivity index (χ4v) is 4.64. The number of carbonyl (C=O) groups is 1. The summed E-state index contributed by atoms with van der Waals surface area (Å²) in [5.41, 5.74) is 7.10. The van der Waals surface area contributed by atoms with E-state index in [1.54, 1.807) is 6.20 Å². The molecule has 0 unspecified atom stereocenters. The number of nitrogens with zero attached hydrogens (tertiary/aromatic N) is 5. The van der Waals surface area contributed by atoms with Crippen LogP contribution < -0.4 is 27.0 Å². The van der Waals surface area contributed by atoms with E-state index in [1.165, 1.54) is 19.3 Å². The highest BCUT2D eigenvalue weighted by molar-refractivity contribution is 5.78. The van der Waals surface area contributed by atoms with E-state index in [1.807, 2.05) is 41.4 Å². The number of amides is 1. The van der Waals surface area contributed by atoms with Crippen LogP contribution in [0.1, 0.15) is 44.1 Å². The van der Waals surface area contributed by atoms with Crippen LogP contribution in [0.25, 0.3) is 0 Å². The number of aryl methyl sites for hydroxylation is 1. The summed E-state index contributed by atoms with van der Waals surface area (Å²) >= 11 is 0. The number of rotatable bonds is 19. The summed E-state index contributed by atoms with van der Waals surface area (Å²) in [6.07, 6.45) is 12.7. The number of ether oxygens (including phenoxy) is 2. The van der Waals surface area contributed by atoms with E-state index in [9.17, 15) is 4.79 Å². The Balaban J connectivity index is 1.26. The lowest BCUT2D eigenvalue weighted by atomic mass is 9.96. The maximum atomic E-state index is 12.3. The second-order valence-corrected chi connectivity index (χ2v) is 10.2. The normalized spacial score (nSPS) is 13.5. The zero-order valence-electron chi connectivity index (χ0n) is 24.3. The van der Waals surface area contributed by atoms with E-state index in [4.69, 9.17) is 15.2 Å². The molecule has 42 heavy (non-hydrogen) atoms. The highest BCUT2D eigenvalue weighted by Crippen LogP contribution is 2.22. The Morgan fingerprint density at radius 3 is 2.45 bits per heavy atom. The third kappa shape index (κ3) is 11.6. The lowest BCUT2D eigenvalue weighted by Gasteiger charge is -2.23. The fourth-order valence-electron chi connectivity index (χ4n) is 4.64. The first kappa shape index (κ1) is 31.1. The minimum absolute atomic E-state index is 0.0571. The van der Waals surface area contributed by atoms with Gasteiger partial charge in [-0.15, -0.1) is 0 Å². The van der Waals surface area contributed by atoms with Crippen molar-refractivity contribution in [3.05, 3.63) is 48.5 Å². The number of imidazole rings is 1. The molecular weight excluding hydrogens is 536 g/mol. The van der Waals surface area contributed by atoms with Gasteiger partial charge in [-0.1, -0.05) is 31.4 Å². The van der Waals surface area contributed by atoms with Crippen LogP contribution >= 0.6 is 0 Å². The summed E-state index contributed by atoms with van der Waals surface area (Å²) in [5, 5.41) is 13.0. The molecule has 2 heterocycles. The van der Waals surface area contributed by atoms with Gasteiger partial charge in [0.05, 0.1) is 39.2 Å². The monoisotopic (exact) mass is 580 g/mol. The van der Waals surface area contributed by atoms with Crippen LogP contribution in [0, 0.1) is 0 Å². The van der Waals surface area contributed by atoms with E-state index < -0.39 is 0 Å². The van der Waals surface area contributed by atoms with Crippen molar-refractivity contribution < 1.29 is 14.3 Å². The number of hydrogen-bond acceptors (Lipinski definition) is 11. The van der Waals surface area contributed by atoms with E-state index in [2.05, 4.69) is 41.2 Å². The molecule has 0 atom stereocenters. The number of nitrogens with two attached hydrogens (primary N) is 1. The molecule has 0 saturated heterocycles. The van der Waals surface area contributed by atoms with Crippen molar-refractivity contribution in [1.29, 1.82) is 0 Å². The lowest BCUT2D eigenvalue weighted by Crippen LogP contribution is -2.29. The zero-order chi connectivity index (χ0) is 29.2. The van der Waals surface area contributed by atoms with E-state index in [0.717, 1.165) is 43.6 Å². The summed E-state index contributed by atoms with van der Waals surface area (Å²) in [5.74, 6) is 1.49. The number of benzene rings is 1. The number of aromatic nitrogens is 5. The maximum Gasteiger partial charge on any atom is 0.233 e. The van der Waals surface area contributed by atoms with Crippen molar-refractivity contribution in [3.63, 3.8) is 0 Å². The van der Waals surface area contributed by atoms with Crippen LogP contribution in [-0.4, -0.2) is 82.5 Å². The third-order valence-electron chi connectivity index (χ3n) is 6.79. The summed E-state index contributed by atoms with van der Waals surface area (Å²) in [7, 11) is 0. The molecule has 2 aromatic heterocycles. The predicted octanol–water partition coefficient (Wildman–Crippen LogP) is 2.71. The Bertz CT molecular complexity index is 1170. The van der Waals surface area contributed by atoms with Gasteiger partial charge in [0.25, 0.3) is 0 Å². The molecule has 0 spiro atoms. The largest absolute Gasteiger partial charge is 0.378 e. The van der Waals surface area contributed by atoms with Gasteiger partial charge in [-0.25, -0.2) is 4.98 Å². The molecule has 228 valence electrons. The molecule has 1 amide bonds. The Kier molecular flexibility index (Phi) is 13.3. The van der Waals surface area contributed by atoms with Gasteiger partial charge in [-0.05, 0) is 37.0 Å². The highest BCUT2D eigenvalue weighted by atomic mass is 16.5. The Labute approximate surface area is 247 Å². The number of carbonyl (C=O) groups excluding carboxylic acids is 1. The first-order valence-corrected chi connectivity index (χ1v) is 14.9. The number of hydrogen-bond donors (Lipinski definition) is 5. The van der Waals surface area contributed by atoms with Crippen LogP contribution in [0.15, 0.2) is 43.0 Å². The second kappa shape index (κ2) is 17.9. The van der Waals surface area contributed by atoms with Gasteiger partial charge < -0.3 is 41.0 Å². The van der Waals surface area contributed by atoms with Gasteiger partial charge in [0.1, 0.15) is 0 Å². The smallest absolute Gasteiger partial charge is 0.233 e. The van der Waals surface area contributed by atoms with Crippen molar-refractivity contribution in [2.24, 2.45) is 5.73 Å². The summed E-state index contributed by atoms with van der Waals surface area (Å²) in [6, 6.07) is 8.05. The molecule has 0 aliphatic heterocycles. The van der Waals surface area contributed by atoms with Gasteiger partial charge in [-0.3, -0.25) is 4.79 Å². The molecule has 1 aromatic carbocycles. The molecule has 3 aromatic rings. The molecule has 1 aliphatic rings. The average molecular weight is 581 g/mol. The summed E-state index contributed by atoms with van der Waals surface area (Å²) < 4.78 is 12.7. The predicted molar refractivity (Wildman–Crippen MR) is 163 cm³/mol. The Morgan fingerprint density at radius 2 is 1.69 bits per heavy atom. The van der Waals surface area contributed by atoms with E-state index in [0.29, 0.717) is 63.4 Å². The number of nitrogens with one attached hydrogen (secondary N) is 4. The molecule has 13 nitrogen and oxygen atoms in total. The Morgan fingerprint density at radius 1 is 0.929 bits per heavy atom. The van der Waals surface area contributed by atoms with Gasteiger partial charge in [0, 0.05) is 50.3 Å². The summed E-state index contributed by atoms with van der Waals surface area (Å²) in [6.45, 7) is 4.46. The quantitative estimate of drug-likeness (QED) is 0.132. The van der Waals surface area contributed by atoms with Crippen LogP contribution in [0.4, 0.5) is 23.5 Å². The van der Waals surface area contributed by atoms with Crippen LogP contribution in [0.2, 0.25) is 0 Å². The standard InChI is InChI=1S/C29H44N10O3/c30-11-17-41-19-20-42-18-14-32-26(40)21-23-7-9-25(10-8-23)35-29-37-27(33-12-4-15-39-16-13-31-22-39)36-28(38-29)34-24-5-2-1-3-6-24/h7-10,13,16,22,24H,1-6,11-12,14-15,17-21,30H2,(H,32,40)(H3,33,34,35,36,37,38). The Hall–Kier alpha value is -3.81.